The van der Waals surface area contributed by atoms with Gasteiger partial charge in [0, 0.05) is 38.4 Å². The summed E-state index contributed by atoms with van der Waals surface area (Å²) in [6, 6.07) is 11.0. The quantitative estimate of drug-likeness (QED) is 0.914. The Morgan fingerprint density at radius 2 is 2.08 bits per heavy atom. The first kappa shape index (κ1) is 16.7. The lowest BCUT2D eigenvalue weighted by Crippen LogP contribution is -2.45. The smallest absolute Gasteiger partial charge is 0.256 e. The predicted octanol–water partition coefficient (Wildman–Crippen LogP) is 2.55. The molecular formula is C19H25N3O2. The van der Waals surface area contributed by atoms with E-state index in [1.165, 1.54) is 11.1 Å². The molecule has 1 fully saturated rings. The fraction of sp³-hybridized carbons (Fsp3) is 0.421. The van der Waals surface area contributed by atoms with Gasteiger partial charge in [-0.25, -0.2) is 4.98 Å². The summed E-state index contributed by atoms with van der Waals surface area (Å²) in [6.45, 7) is 6.03. The van der Waals surface area contributed by atoms with Crippen molar-refractivity contribution in [1.82, 2.24) is 15.2 Å². The number of methoxy groups -OCH3 is 2. The Kier molecular flexibility index (Phi) is 5.33. The van der Waals surface area contributed by atoms with Crippen molar-refractivity contribution in [2.24, 2.45) is 0 Å². The number of aromatic nitrogens is 1. The molecule has 0 aliphatic carbocycles. The van der Waals surface area contributed by atoms with Gasteiger partial charge < -0.3 is 14.8 Å². The van der Waals surface area contributed by atoms with Crippen LogP contribution in [0, 0.1) is 6.92 Å². The van der Waals surface area contributed by atoms with E-state index < -0.39 is 0 Å². The number of aryl methyl sites for hydroxylation is 1. The van der Waals surface area contributed by atoms with Crippen molar-refractivity contribution in [3.8, 4) is 11.6 Å². The van der Waals surface area contributed by atoms with Crippen LogP contribution in [0.5, 0.6) is 11.6 Å². The van der Waals surface area contributed by atoms with Crippen LogP contribution in [0.1, 0.15) is 22.7 Å². The molecule has 2 heterocycles. The fourth-order valence-electron chi connectivity index (χ4n) is 3.26. The summed E-state index contributed by atoms with van der Waals surface area (Å²) in [5, 5.41) is 3.63. The van der Waals surface area contributed by atoms with E-state index >= 15 is 0 Å². The largest absolute Gasteiger partial charge is 0.491 e. The minimum Gasteiger partial charge on any atom is -0.491 e. The molecule has 1 aliphatic rings. The molecule has 0 bridgehead atoms. The van der Waals surface area contributed by atoms with Crippen LogP contribution in [0.15, 0.2) is 36.5 Å². The Morgan fingerprint density at radius 3 is 2.83 bits per heavy atom. The summed E-state index contributed by atoms with van der Waals surface area (Å²) >= 11 is 0. The molecule has 1 unspecified atom stereocenters. The number of piperazine rings is 1. The summed E-state index contributed by atoms with van der Waals surface area (Å²) in [5.41, 5.74) is 3.86. The first-order chi connectivity index (χ1) is 11.7. The van der Waals surface area contributed by atoms with Crippen LogP contribution in [0.25, 0.3) is 0 Å². The van der Waals surface area contributed by atoms with Gasteiger partial charge in [-0.05, 0) is 29.7 Å². The molecule has 1 atom stereocenters. The molecular weight excluding hydrogens is 302 g/mol. The second kappa shape index (κ2) is 7.64. The van der Waals surface area contributed by atoms with Gasteiger partial charge in [-0.15, -0.1) is 0 Å². The van der Waals surface area contributed by atoms with Gasteiger partial charge in [-0.3, -0.25) is 4.90 Å². The van der Waals surface area contributed by atoms with Crippen LogP contribution in [0.2, 0.25) is 0 Å². The summed E-state index contributed by atoms with van der Waals surface area (Å²) in [7, 11) is 3.25. The molecule has 1 N–H and O–H groups in total. The molecule has 0 amide bonds. The van der Waals surface area contributed by atoms with Gasteiger partial charge in [0.1, 0.15) is 0 Å². The van der Waals surface area contributed by atoms with Crippen LogP contribution in [-0.2, 0) is 6.54 Å². The van der Waals surface area contributed by atoms with Gasteiger partial charge in [-0.1, -0.05) is 24.3 Å². The zero-order valence-electron chi connectivity index (χ0n) is 14.6. The Bertz CT molecular complexity index is 690. The Balaban J connectivity index is 1.71. The van der Waals surface area contributed by atoms with E-state index in [4.69, 9.17) is 9.47 Å². The maximum Gasteiger partial charge on any atom is 0.256 e. The van der Waals surface area contributed by atoms with E-state index in [1.54, 1.807) is 14.2 Å². The van der Waals surface area contributed by atoms with E-state index in [-0.39, 0.29) is 0 Å². The van der Waals surface area contributed by atoms with Crippen molar-refractivity contribution in [3.63, 3.8) is 0 Å². The van der Waals surface area contributed by atoms with Crippen LogP contribution in [0.4, 0.5) is 0 Å². The topological polar surface area (TPSA) is 46.6 Å². The molecule has 5 heteroatoms. The van der Waals surface area contributed by atoms with Crippen LogP contribution < -0.4 is 14.8 Å². The fourth-order valence-corrected chi connectivity index (χ4v) is 3.26. The Labute approximate surface area is 143 Å². The molecule has 3 rings (SSSR count). The maximum atomic E-state index is 5.35. The molecule has 5 nitrogen and oxygen atoms in total. The third-order valence-corrected chi connectivity index (χ3v) is 4.52. The highest BCUT2D eigenvalue weighted by atomic mass is 16.5. The van der Waals surface area contributed by atoms with Gasteiger partial charge in [-0.2, -0.15) is 0 Å². The molecule has 1 aromatic heterocycles. The lowest BCUT2D eigenvalue weighted by atomic mass is 9.99. The van der Waals surface area contributed by atoms with Gasteiger partial charge in [0.05, 0.1) is 14.2 Å². The average Bonchev–Trinajstić information content (AvgIpc) is 2.62. The standard InChI is InChI=1S/C19H25N3O2/c1-14-6-4-5-7-16(14)17-13-22(9-8-20-17)12-15-10-18(23-2)19(24-3)21-11-15/h4-7,10-11,17,20H,8-9,12-13H2,1-3H3. The number of hydrogen-bond donors (Lipinski definition) is 1. The zero-order valence-corrected chi connectivity index (χ0v) is 14.6. The van der Waals surface area contributed by atoms with Crippen LogP contribution in [-0.4, -0.2) is 43.7 Å². The van der Waals surface area contributed by atoms with Crippen LogP contribution >= 0.6 is 0 Å². The number of nitrogens with one attached hydrogen (secondary N) is 1. The van der Waals surface area contributed by atoms with E-state index in [0.717, 1.165) is 31.7 Å². The number of hydrogen-bond acceptors (Lipinski definition) is 5. The SMILES string of the molecule is COc1cc(CN2CCNC(c3ccccc3C)C2)cnc1OC. The van der Waals surface area contributed by atoms with Crippen molar-refractivity contribution in [2.45, 2.75) is 19.5 Å². The third kappa shape index (κ3) is 3.68. The van der Waals surface area contributed by atoms with Crippen molar-refractivity contribution in [1.29, 1.82) is 0 Å². The predicted molar refractivity (Wildman–Crippen MR) is 94.5 cm³/mol. The maximum absolute atomic E-state index is 5.35. The zero-order chi connectivity index (χ0) is 16.9. The molecule has 2 aromatic rings. The highest BCUT2D eigenvalue weighted by Gasteiger charge is 2.22. The van der Waals surface area contributed by atoms with E-state index in [2.05, 4.69) is 46.4 Å². The van der Waals surface area contributed by atoms with Gasteiger partial charge in [0.15, 0.2) is 5.75 Å². The summed E-state index contributed by atoms with van der Waals surface area (Å²) < 4.78 is 10.6. The highest BCUT2D eigenvalue weighted by Crippen LogP contribution is 2.26. The third-order valence-electron chi connectivity index (χ3n) is 4.52. The molecule has 0 radical (unpaired) electrons. The summed E-state index contributed by atoms with van der Waals surface area (Å²) in [6.07, 6.45) is 1.87. The van der Waals surface area contributed by atoms with E-state index in [1.807, 2.05) is 12.3 Å². The number of benzene rings is 1. The first-order valence-electron chi connectivity index (χ1n) is 8.29. The number of rotatable bonds is 5. The first-order valence-corrected chi connectivity index (χ1v) is 8.29. The molecule has 1 aliphatic heterocycles. The van der Waals surface area contributed by atoms with Crippen molar-refractivity contribution < 1.29 is 9.47 Å². The van der Waals surface area contributed by atoms with Gasteiger partial charge >= 0.3 is 0 Å². The monoisotopic (exact) mass is 327 g/mol. The number of pyridine rings is 1. The normalized spacial score (nSPS) is 18.4. The summed E-state index contributed by atoms with van der Waals surface area (Å²) in [5.74, 6) is 1.21. The Morgan fingerprint density at radius 1 is 1.25 bits per heavy atom. The van der Waals surface area contributed by atoms with Crippen molar-refractivity contribution in [2.75, 3.05) is 33.9 Å². The highest BCUT2D eigenvalue weighted by molar-refractivity contribution is 5.36. The number of nitrogens with zero attached hydrogens (tertiary/aromatic N) is 2. The van der Waals surface area contributed by atoms with Gasteiger partial charge in [0.2, 0.25) is 0 Å². The van der Waals surface area contributed by atoms with Crippen LogP contribution in [0.3, 0.4) is 0 Å². The van der Waals surface area contributed by atoms with E-state index in [0.29, 0.717) is 17.7 Å². The molecule has 128 valence electrons. The number of ether oxygens (including phenoxy) is 2. The van der Waals surface area contributed by atoms with Crippen molar-refractivity contribution >= 4 is 0 Å². The average molecular weight is 327 g/mol. The van der Waals surface area contributed by atoms with E-state index in [9.17, 15) is 0 Å². The van der Waals surface area contributed by atoms with Gasteiger partial charge in [0.25, 0.3) is 5.88 Å². The van der Waals surface area contributed by atoms with Crippen molar-refractivity contribution in [3.05, 3.63) is 53.2 Å². The second-order valence-electron chi connectivity index (χ2n) is 6.15. The summed E-state index contributed by atoms with van der Waals surface area (Å²) in [4.78, 5) is 6.79. The second-order valence-corrected chi connectivity index (χ2v) is 6.15. The Hall–Kier alpha value is -2.11. The minimum atomic E-state index is 0.369. The lowest BCUT2D eigenvalue weighted by molar-refractivity contribution is 0.192. The molecule has 1 saturated heterocycles. The molecule has 0 spiro atoms. The molecule has 24 heavy (non-hydrogen) atoms. The minimum absolute atomic E-state index is 0.369. The lowest BCUT2D eigenvalue weighted by Gasteiger charge is -2.34. The molecule has 0 saturated carbocycles. The molecule has 1 aromatic carbocycles.